The van der Waals surface area contributed by atoms with E-state index in [4.69, 9.17) is 15.7 Å². The molecule has 0 aliphatic heterocycles. The predicted octanol–water partition coefficient (Wildman–Crippen LogP) is 1.10. The van der Waals surface area contributed by atoms with Gasteiger partial charge in [0.2, 0.25) is 0 Å². The fraction of sp³-hybridized carbons (Fsp3) is 0.455. The summed E-state index contributed by atoms with van der Waals surface area (Å²) in [7, 11) is 0. The van der Waals surface area contributed by atoms with Crippen molar-refractivity contribution < 1.29 is 9.94 Å². The van der Waals surface area contributed by atoms with Crippen molar-refractivity contribution in [2.24, 2.45) is 16.8 Å². The van der Waals surface area contributed by atoms with Crippen molar-refractivity contribution in [3.8, 4) is 0 Å². The molecule has 0 bridgehead atoms. The van der Waals surface area contributed by atoms with Gasteiger partial charge in [-0.05, 0) is 36.5 Å². The molecule has 1 aromatic heterocycles. The second-order valence-corrected chi connectivity index (χ2v) is 3.99. The summed E-state index contributed by atoms with van der Waals surface area (Å²) in [5.41, 5.74) is 6.90. The number of aromatic nitrogens is 1. The first-order chi connectivity index (χ1) is 7.79. The van der Waals surface area contributed by atoms with Crippen LogP contribution in [0.4, 0.5) is 0 Å². The maximum atomic E-state index is 8.53. The molecule has 3 N–H and O–H groups in total. The minimum absolute atomic E-state index is 0.0176. The van der Waals surface area contributed by atoms with E-state index in [2.05, 4.69) is 10.1 Å². The Balaban J connectivity index is 1.92. The minimum Gasteiger partial charge on any atom is -0.409 e. The molecule has 0 amide bonds. The molecule has 0 unspecified atom stereocenters. The van der Waals surface area contributed by atoms with Crippen molar-refractivity contribution in [1.29, 1.82) is 0 Å². The molecule has 5 nitrogen and oxygen atoms in total. The fourth-order valence-corrected chi connectivity index (χ4v) is 1.38. The van der Waals surface area contributed by atoms with Gasteiger partial charge < -0.3 is 15.7 Å². The van der Waals surface area contributed by atoms with Crippen molar-refractivity contribution in [2.75, 3.05) is 6.61 Å². The Morgan fingerprint density at radius 3 is 3.12 bits per heavy atom. The van der Waals surface area contributed by atoms with E-state index in [1.807, 2.05) is 6.07 Å². The van der Waals surface area contributed by atoms with Crippen molar-refractivity contribution in [1.82, 2.24) is 4.98 Å². The Hall–Kier alpha value is -1.62. The number of amidine groups is 1. The van der Waals surface area contributed by atoms with E-state index >= 15 is 0 Å². The normalized spacial score (nSPS) is 16.4. The first-order valence-corrected chi connectivity index (χ1v) is 5.30. The smallest absolute Gasteiger partial charge is 0.188 e. The van der Waals surface area contributed by atoms with Crippen LogP contribution >= 0.6 is 0 Å². The van der Waals surface area contributed by atoms with E-state index in [1.54, 1.807) is 12.3 Å². The van der Waals surface area contributed by atoms with Gasteiger partial charge in [-0.2, -0.15) is 0 Å². The molecule has 1 fully saturated rings. The fourth-order valence-electron chi connectivity index (χ4n) is 1.38. The molecule has 0 spiro atoms. The number of nitrogens with zero attached hydrogens (tertiary/aromatic N) is 2. The summed E-state index contributed by atoms with van der Waals surface area (Å²) in [6.07, 6.45) is 4.20. The molecule has 0 saturated heterocycles. The lowest BCUT2D eigenvalue weighted by molar-refractivity contribution is 0.111. The number of hydrogen-bond acceptors (Lipinski definition) is 4. The molecule has 16 heavy (non-hydrogen) atoms. The summed E-state index contributed by atoms with van der Waals surface area (Å²) in [6, 6.07) is 3.63. The summed E-state index contributed by atoms with van der Waals surface area (Å²) in [5.74, 6) is 0.773. The predicted molar refractivity (Wildman–Crippen MR) is 59.1 cm³/mol. The lowest BCUT2D eigenvalue weighted by Gasteiger charge is -2.04. The minimum atomic E-state index is 0.0176. The molecule has 2 rings (SSSR count). The summed E-state index contributed by atoms with van der Waals surface area (Å²) < 4.78 is 5.54. The average Bonchev–Trinajstić information content (AvgIpc) is 3.12. The molecule has 0 radical (unpaired) electrons. The lowest BCUT2D eigenvalue weighted by atomic mass is 10.2. The van der Waals surface area contributed by atoms with Crippen LogP contribution in [-0.2, 0) is 11.3 Å². The SMILES string of the molecule is NC(=NO)c1cc(COCC2CC2)ccn1. The topological polar surface area (TPSA) is 80.7 Å². The van der Waals surface area contributed by atoms with Gasteiger partial charge in [0.05, 0.1) is 6.61 Å². The number of hydrogen-bond donors (Lipinski definition) is 2. The summed E-state index contributed by atoms with van der Waals surface area (Å²) in [5, 5.41) is 11.4. The molecule has 0 aromatic carbocycles. The zero-order chi connectivity index (χ0) is 11.4. The molecule has 0 atom stereocenters. The van der Waals surface area contributed by atoms with Gasteiger partial charge >= 0.3 is 0 Å². The first kappa shape index (κ1) is 10.9. The molecule has 1 aromatic rings. The van der Waals surface area contributed by atoms with Crippen molar-refractivity contribution in [3.63, 3.8) is 0 Å². The van der Waals surface area contributed by atoms with Crippen LogP contribution in [0.2, 0.25) is 0 Å². The Morgan fingerprint density at radius 2 is 2.44 bits per heavy atom. The third-order valence-corrected chi connectivity index (χ3v) is 2.51. The van der Waals surface area contributed by atoms with Gasteiger partial charge in [0.1, 0.15) is 5.69 Å². The summed E-state index contributed by atoms with van der Waals surface area (Å²) in [4.78, 5) is 3.99. The molecule has 86 valence electrons. The van der Waals surface area contributed by atoms with Crippen LogP contribution in [0, 0.1) is 5.92 Å². The second kappa shape index (κ2) is 4.94. The van der Waals surface area contributed by atoms with Crippen molar-refractivity contribution in [2.45, 2.75) is 19.4 Å². The highest BCUT2D eigenvalue weighted by Gasteiger charge is 2.21. The largest absolute Gasteiger partial charge is 0.409 e. The molecule has 1 aliphatic carbocycles. The third kappa shape index (κ3) is 2.93. The summed E-state index contributed by atoms with van der Waals surface area (Å²) in [6.45, 7) is 1.37. The number of ether oxygens (including phenoxy) is 1. The van der Waals surface area contributed by atoms with Gasteiger partial charge in [0.25, 0.3) is 0 Å². The van der Waals surface area contributed by atoms with Crippen LogP contribution in [0.5, 0.6) is 0 Å². The van der Waals surface area contributed by atoms with Crippen LogP contribution in [0.1, 0.15) is 24.1 Å². The lowest BCUT2D eigenvalue weighted by Crippen LogP contribution is -2.15. The maximum absolute atomic E-state index is 8.53. The first-order valence-electron chi connectivity index (χ1n) is 5.30. The molecular weight excluding hydrogens is 206 g/mol. The van der Waals surface area contributed by atoms with Crippen LogP contribution in [0.25, 0.3) is 0 Å². The maximum Gasteiger partial charge on any atom is 0.188 e. The summed E-state index contributed by atoms with van der Waals surface area (Å²) >= 11 is 0. The van der Waals surface area contributed by atoms with E-state index in [0.29, 0.717) is 12.3 Å². The van der Waals surface area contributed by atoms with Gasteiger partial charge in [0, 0.05) is 12.8 Å². The van der Waals surface area contributed by atoms with Crippen LogP contribution in [-0.4, -0.2) is 22.6 Å². The zero-order valence-electron chi connectivity index (χ0n) is 8.97. The monoisotopic (exact) mass is 221 g/mol. The standard InChI is InChI=1S/C11H15N3O2/c12-11(14-15)10-5-9(3-4-13-10)7-16-6-8-1-2-8/h3-5,8,15H,1-2,6-7H2,(H2,12,14). The third-order valence-electron chi connectivity index (χ3n) is 2.51. The Morgan fingerprint density at radius 1 is 1.62 bits per heavy atom. The quantitative estimate of drug-likeness (QED) is 0.338. The molecule has 1 saturated carbocycles. The molecular formula is C11H15N3O2. The molecule has 1 aliphatic rings. The van der Waals surface area contributed by atoms with Gasteiger partial charge in [-0.1, -0.05) is 5.16 Å². The number of nitrogens with two attached hydrogens (primary N) is 1. The number of oxime groups is 1. The van der Waals surface area contributed by atoms with Gasteiger partial charge in [-0.25, -0.2) is 0 Å². The zero-order valence-corrected chi connectivity index (χ0v) is 8.97. The Bertz CT molecular complexity index is 389. The van der Waals surface area contributed by atoms with E-state index in [-0.39, 0.29) is 5.84 Å². The highest BCUT2D eigenvalue weighted by Crippen LogP contribution is 2.29. The number of pyridine rings is 1. The van der Waals surface area contributed by atoms with Crippen LogP contribution < -0.4 is 5.73 Å². The van der Waals surface area contributed by atoms with Gasteiger partial charge in [-0.15, -0.1) is 0 Å². The van der Waals surface area contributed by atoms with E-state index in [0.717, 1.165) is 18.1 Å². The van der Waals surface area contributed by atoms with E-state index in [9.17, 15) is 0 Å². The number of rotatable bonds is 5. The van der Waals surface area contributed by atoms with E-state index in [1.165, 1.54) is 12.8 Å². The van der Waals surface area contributed by atoms with Crippen molar-refractivity contribution in [3.05, 3.63) is 29.6 Å². The van der Waals surface area contributed by atoms with Crippen LogP contribution in [0.3, 0.4) is 0 Å². The van der Waals surface area contributed by atoms with Gasteiger partial charge in [-0.3, -0.25) is 4.98 Å². The average molecular weight is 221 g/mol. The van der Waals surface area contributed by atoms with Gasteiger partial charge in [0.15, 0.2) is 5.84 Å². The molecule has 5 heteroatoms. The molecule has 1 heterocycles. The Kier molecular flexibility index (Phi) is 3.36. The Labute approximate surface area is 93.9 Å². The highest BCUT2D eigenvalue weighted by molar-refractivity contribution is 5.95. The highest BCUT2D eigenvalue weighted by atomic mass is 16.5. The second-order valence-electron chi connectivity index (χ2n) is 3.99. The van der Waals surface area contributed by atoms with Crippen LogP contribution in [0.15, 0.2) is 23.5 Å². The van der Waals surface area contributed by atoms with Crippen molar-refractivity contribution >= 4 is 5.84 Å². The van der Waals surface area contributed by atoms with E-state index < -0.39 is 0 Å².